The van der Waals surface area contributed by atoms with Crippen molar-refractivity contribution in [2.45, 2.75) is 32.4 Å². The fourth-order valence-electron chi connectivity index (χ4n) is 2.41. The number of hydrogen-bond donors (Lipinski definition) is 1. The Morgan fingerprint density at radius 2 is 2.13 bits per heavy atom. The summed E-state index contributed by atoms with van der Waals surface area (Å²) >= 11 is 5.23. The number of nitrogens with one attached hydrogen (secondary N) is 1. The summed E-state index contributed by atoms with van der Waals surface area (Å²) in [5, 5.41) is 3.45. The molecule has 0 spiro atoms. The lowest BCUT2D eigenvalue weighted by molar-refractivity contribution is 0.158. The first-order valence-electron chi connectivity index (χ1n) is 7.67. The molecule has 0 radical (unpaired) electrons. The van der Waals surface area contributed by atoms with Crippen molar-refractivity contribution < 1.29 is 14.2 Å². The molecule has 23 heavy (non-hydrogen) atoms. The summed E-state index contributed by atoms with van der Waals surface area (Å²) in [5.41, 5.74) is 0. The second-order valence-electron chi connectivity index (χ2n) is 5.64. The van der Waals surface area contributed by atoms with Crippen LogP contribution in [-0.4, -0.2) is 19.4 Å². The molecule has 1 N–H and O–H groups in total. The number of hydrogen-bond acceptors (Lipinski definition) is 5. The standard InChI is InChI=1S/C17H20BrNO3S/c1-11(2)19-9-8-12(15-6-7-16(18)23-15)22-14-5-3-4-13-17(14)21-10-20-13/h3-7,11-12,19H,8-10H2,1-2H3. The van der Waals surface area contributed by atoms with Crippen molar-refractivity contribution >= 4 is 27.3 Å². The van der Waals surface area contributed by atoms with Crippen molar-refractivity contribution in [3.05, 3.63) is 39.0 Å². The zero-order chi connectivity index (χ0) is 16.2. The molecule has 1 aromatic heterocycles. The summed E-state index contributed by atoms with van der Waals surface area (Å²) in [6, 6.07) is 10.4. The van der Waals surface area contributed by atoms with Crippen LogP contribution < -0.4 is 19.5 Å². The van der Waals surface area contributed by atoms with Gasteiger partial charge in [0.2, 0.25) is 12.5 Å². The van der Waals surface area contributed by atoms with Gasteiger partial charge >= 0.3 is 0 Å². The molecule has 3 rings (SSSR count). The van der Waals surface area contributed by atoms with Crippen LogP contribution >= 0.6 is 27.3 Å². The van der Waals surface area contributed by atoms with Gasteiger partial charge in [-0.25, -0.2) is 0 Å². The van der Waals surface area contributed by atoms with E-state index in [4.69, 9.17) is 14.2 Å². The van der Waals surface area contributed by atoms with E-state index in [1.807, 2.05) is 18.2 Å². The highest BCUT2D eigenvalue weighted by Gasteiger charge is 2.22. The lowest BCUT2D eigenvalue weighted by Crippen LogP contribution is -2.25. The van der Waals surface area contributed by atoms with Crippen LogP contribution in [0.4, 0.5) is 0 Å². The first-order valence-corrected chi connectivity index (χ1v) is 9.28. The molecule has 1 unspecified atom stereocenters. The fraction of sp³-hybridized carbons (Fsp3) is 0.412. The van der Waals surface area contributed by atoms with Gasteiger partial charge in [-0.2, -0.15) is 0 Å². The highest BCUT2D eigenvalue weighted by atomic mass is 79.9. The van der Waals surface area contributed by atoms with E-state index < -0.39 is 0 Å². The molecule has 0 saturated heterocycles. The van der Waals surface area contributed by atoms with Crippen LogP contribution in [0.15, 0.2) is 34.1 Å². The Balaban J connectivity index is 1.77. The number of para-hydroxylation sites is 1. The minimum atomic E-state index is -0.0201. The molecule has 2 heterocycles. The first-order chi connectivity index (χ1) is 11.1. The van der Waals surface area contributed by atoms with Gasteiger partial charge in [-0.3, -0.25) is 0 Å². The molecular formula is C17H20BrNO3S. The van der Waals surface area contributed by atoms with Gasteiger partial charge in [0, 0.05) is 17.3 Å². The summed E-state index contributed by atoms with van der Waals surface area (Å²) in [6.45, 7) is 5.43. The summed E-state index contributed by atoms with van der Waals surface area (Å²) in [7, 11) is 0. The van der Waals surface area contributed by atoms with Gasteiger partial charge in [-0.05, 0) is 46.7 Å². The van der Waals surface area contributed by atoms with E-state index in [1.165, 1.54) is 4.88 Å². The Morgan fingerprint density at radius 3 is 2.87 bits per heavy atom. The van der Waals surface area contributed by atoms with Crippen molar-refractivity contribution in [3.8, 4) is 17.2 Å². The molecule has 1 aliphatic heterocycles. The van der Waals surface area contributed by atoms with Crippen LogP contribution in [0.3, 0.4) is 0 Å². The quantitative estimate of drug-likeness (QED) is 0.731. The summed E-state index contributed by atoms with van der Waals surface area (Å²) in [5.74, 6) is 2.18. The topological polar surface area (TPSA) is 39.7 Å². The van der Waals surface area contributed by atoms with E-state index in [2.05, 4.69) is 47.2 Å². The highest BCUT2D eigenvalue weighted by molar-refractivity contribution is 9.11. The van der Waals surface area contributed by atoms with Crippen molar-refractivity contribution in [2.24, 2.45) is 0 Å². The normalized spacial score (nSPS) is 14.3. The molecule has 0 saturated carbocycles. The van der Waals surface area contributed by atoms with E-state index in [1.54, 1.807) is 11.3 Å². The Labute approximate surface area is 148 Å². The van der Waals surface area contributed by atoms with E-state index in [-0.39, 0.29) is 12.9 Å². The molecule has 0 aliphatic carbocycles. The van der Waals surface area contributed by atoms with Crippen LogP contribution in [0, 0.1) is 0 Å². The second kappa shape index (κ2) is 7.55. The molecule has 2 aromatic rings. The lowest BCUT2D eigenvalue weighted by atomic mass is 10.2. The van der Waals surface area contributed by atoms with Gasteiger partial charge in [0.25, 0.3) is 0 Å². The minimum Gasteiger partial charge on any atom is -0.481 e. The van der Waals surface area contributed by atoms with Crippen LogP contribution in [0.25, 0.3) is 0 Å². The monoisotopic (exact) mass is 397 g/mol. The molecule has 0 bridgehead atoms. The highest BCUT2D eigenvalue weighted by Crippen LogP contribution is 2.43. The third-order valence-corrected chi connectivity index (χ3v) is 5.22. The molecule has 6 heteroatoms. The largest absolute Gasteiger partial charge is 0.481 e. The Morgan fingerprint density at radius 1 is 1.26 bits per heavy atom. The zero-order valence-electron chi connectivity index (χ0n) is 13.2. The third-order valence-electron chi connectivity index (χ3n) is 3.50. The van der Waals surface area contributed by atoms with E-state index in [9.17, 15) is 0 Å². The number of ether oxygens (including phenoxy) is 3. The maximum Gasteiger partial charge on any atom is 0.231 e. The number of thiophene rings is 1. The average molecular weight is 398 g/mol. The van der Waals surface area contributed by atoms with Gasteiger partial charge in [0.05, 0.1) is 3.79 Å². The van der Waals surface area contributed by atoms with Crippen LogP contribution in [0.1, 0.15) is 31.2 Å². The summed E-state index contributed by atoms with van der Waals surface area (Å²) in [4.78, 5) is 1.19. The predicted octanol–water partition coefficient (Wildman–Crippen LogP) is 4.75. The molecule has 1 aliphatic rings. The number of fused-ring (bicyclic) bond motifs is 1. The summed E-state index contributed by atoms with van der Waals surface area (Å²) < 4.78 is 18.4. The maximum atomic E-state index is 6.28. The van der Waals surface area contributed by atoms with Gasteiger partial charge in [-0.1, -0.05) is 19.9 Å². The summed E-state index contributed by atoms with van der Waals surface area (Å²) in [6.07, 6.45) is 0.864. The average Bonchev–Trinajstić information content (AvgIpc) is 3.15. The van der Waals surface area contributed by atoms with Gasteiger partial charge in [0.1, 0.15) is 6.10 Å². The van der Waals surface area contributed by atoms with Crippen LogP contribution in [-0.2, 0) is 0 Å². The Kier molecular flexibility index (Phi) is 5.46. The molecular weight excluding hydrogens is 378 g/mol. The zero-order valence-corrected chi connectivity index (χ0v) is 15.6. The van der Waals surface area contributed by atoms with E-state index in [0.29, 0.717) is 11.8 Å². The molecule has 1 atom stereocenters. The Bertz CT molecular complexity index is 659. The van der Waals surface area contributed by atoms with Crippen molar-refractivity contribution in [1.82, 2.24) is 5.32 Å². The van der Waals surface area contributed by atoms with Crippen LogP contribution in [0.5, 0.6) is 17.2 Å². The van der Waals surface area contributed by atoms with Crippen molar-refractivity contribution in [3.63, 3.8) is 0 Å². The predicted molar refractivity (Wildman–Crippen MR) is 95.7 cm³/mol. The van der Waals surface area contributed by atoms with E-state index in [0.717, 1.165) is 28.3 Å². The smallest absolute Gasteiger partial charge is 0.231 e. The number of rotatable bonds is 7. The second-order valence-corrected chi connectivity index (χ2v) is 8.13. The molecule has 0 amide bonds. The van der Waals surface area contributed by atoms with Gasteiger partial charge < -0.3 is 19.5 Å². The molecule has 124 valence electrons. The van der Waals surface area contributed by atoms with Gasteiger partial charge in [0.15, 0.2) is 11.5 Å². The molecule has 4 nitrogen and oxygen atoms in total. The maximum absolute atomic E-state index is 6.28. The third kappa shape index (κ3) is 4.19. The number of benzene rings is 1. The molecule has 0 fully saturated rings. The minimum absolute atomic E-state index is 0.0201. The Hall–Kier alpha value is -1.24. The van der Waals surface area contributed by atoms with Gasteiger partial charge in [-0.15, -0.1) is 11.3 Å². The van der Waals surface area contributed by atoms with Crippen molar-refractivity contribution in [2.75, 3.05) is 13.3 Å². The SMILES string of the molecule is CC(C)NCCC(Oc1cccc2c1OCO2)c1ccc(Br)s1. The fourth-order valence-corrected chi connectivity index (χ4v) is 3.90. The van der Waals surface area contributed by atoms with E-state index >= 15 is 0 Å². The number of halogens is 1. The first kappa shape index (κ1) is 16.6. The lowest BCUT2D eigenvalue weighted by Gasteiger charge is -2.20. The van der Waals surface area contributed by atoms with Crippen molar-refractivity contribution in [1.29, 1.82) is 0 Å². The molecule has 1 aromatic carbocycles. The van der Waals surface area contributed by atoms with Crippen LogP contribution in [0.2, 0.25) is 0 Å².